The lowest BCUT2D eigenvalue weighted by Gasteiger charge is -2.09. The normalized spacial score (nSPS) is 10.5. The molecule has 23 heavy (non-hydrogen) atoms. The van der Waals surface area contributed by atoms with E-state index < -0.39 is 11.9 Å². The summed E-state index contributed by atoms with van der Waals surface area (Å²) in [6.45, 7) is 0. The third-order valence-electron chi connectivity index (χ3n) is 3.67. The van der Waals surface area contributed by atoms with E-state index in [4.69, 9.17) is 4.74 Å². The lowest BCUT2D eigenvalue weighted by Crippen LogP contribution is -2.09. The maximum absolute atomic E-state index is 12.2. The van der Waals surface area contributed by atoms with Gasteiger partial charge < -0.3 is 14.0 Å². The number of benzene rings is 2. The zero-order chi connectivity index (χ0) is 16.4. The molecule has 5 nitrogen and oxygen atoms in total. The zero-order valence-electron chi connectivity index (χ0n) is 12.8. The molecule has 0 unspecified atom stereocenters. The Morgan fingerprint density at radius 2 is 1.52 bits per heavy atom. The smallest absolute Gasteiger partial charge is 0.355 e. The maximum atomic E-state index is 12.2. The number of carbonyl (C=O) groups excluding carboxylic acids is 2. The van der Waals surface area contributed by atoms with Crippen LogP contribution in [-0.2, 0) is 9.47 Å². The second-order valence-corrected chi connectivity index (χ2v) is 4.96. The van der Waals surface area contributed by atoms with Gasteiger partial charge in [-0.15, -0.1) is 0 Å². The van der Waals surface area contributed by atoms with Crippen LogP contribution in [0, 0.1) is 0 Å². The number of nitrogens with zero attached hydrogens (tertiary/aromatic N) is 1. The van der Waals surface area contributed by atoms with E-state index >= 15 is 0 Å². The fraction of sp³-hybridized carbons (Fsp3) is 0.111. The predicted molar refractivity (Wildman–Crippen MR) is 86.0 cm³/mol. The molecular formula is C18H15NO4. The Morgan fingerprint density at radius 1 is 0.870 bits per heavy atom. The van der Waals surface area contributed by atoms with Crippen molar-refractivity contribution < 1.29 is 19.1 Å². The average molecular weight is 309 g/mol. The van der Waals surface area contributed by atoms with Crippen molar-refractivity contribution in [3.8, 4) is 5.69 Å². The summed E-state index contributed by atoms with van der Waals surface area (Å²) in [6, 6.07) is 14.4. The summed E-state index contributed by atoms with van der Waals surface area (Å²) >= 11 is 0. The number of hydrogen-bond acceptors (Lipinski definition) is 4. The molecule has 5 heteroatoms. The molecule has 3 aromatic rings. The van der Waals surface area contributed by atoms with E-state index in [1.165, 1.54) is 14.2 Å². The minimum atomic E-state index is -0.414. The molecule has 0 bridgehead atoms. The molecule has 0 radical (unpaired) electrons. The standard InChI is InChI=1S/C18H15NO4/c1-22-17(20)12-7-9-14(10-8-12)19-11-13-5-3-4-6-15(13)16(19)18(21)23-2/h3-11H,1-2H3. The first kappa shape index (κ1) is 14.8. The van der Waals surface area contributed by atoms with Crippen molar-refractivity contribution in [2.75, 3.05) is 14.2 Å². The average Bonchev–Trinajstić information content (AvgIpc) is 3.00. The third kappa shape index (κ3) is 2.57. The van der Waals surface area contributed by atoms with E-state index in [1.807, 2.05) is 30.5 Å². The third-order valence-corrected chi connectivity index (χ3v) is 3.67. The van der Waals surface area contributed by atoms with Crippen LogP contribution in [0.2, 0.25) is 0 Å². The van der Waals surface area contributed by atoms with Crippen LogP contribution in [-0.4, -0.2) is 30.7 Å². The van der Waals surface area contributed by atoms with Gasteiger partial charge in [-0.25, -0.2) is 9.59 Å². The number of ether oxygens (including phenoxy) is 2. The van der Waals surface area contributed by atoms with Crippen LogP contribution in [0.3, 0.4) is 0 Å². The number of fused-ring (bicyclic) bond motifs is 1. The first-order chi connectivity index (χ1) is 11.2. The molecule has 0 aliphatic heterocycles. The van der Waals surface area contributed by atoms with Crippen LogP contribution in [0.4, 0.5) is 0 Å². The van der Waals surface area contributed by atoms with Crippen molar-refractivity contribution in [3.05, 3.63) is 66.0 Å². The van der Waals surface area contributed by atoms with Crippen LogP contribution in [0.1, 0.15) is 20.8 Å². The molecule has 2 aromatic carbocycles. The summed E-state index contributed by atoms with van der Waals surface area (Å²) in [4.78, 5) is 23.7. The van der Waals surface area contributed by atoms with Crippen molar-refractivity contribution in [1.82, 2.24) is 4.57 Å². The molecule has 0 spiro atoms. The largest absolute Gasteiger partial charge is 0.465 e. The second-order valence-electron chi connectivity index (χ2n) is 4.96. The Hall–Kier alpha value is -3.08. The van der Waals surface area contributed by atoms with Gasteiger partial charge in [0.2, 0.25) is 0 Å². The molecule has 0 N–H and O–H groups in total. The maximum Gasteiger partial charge on any atom is 0.355 e. The van der Waals surface area contributed by atoms with Crippen LogP contribution in [0.15, 0.2) is 54.7 Å². The molecule has 0 saturated carbocycles. The molecule has 1 aromatic heterocycles. The fourth-order valence-corrected chi connectivity index (χ4v) is 2.54. The highest BCUT2D eigenvalue weighted by Gasteiger charge is 2.18. The predicted octanol–water partition coefficient (Wildman–Crippen LogP) is 3.20. The first-order valence-corrected chi connectivity index (χ1v) is 7.03. The minimum absolute atomic E-state index is 0.401. The van der Waals surface area contributed by atoms with E-state index in [1.54, 1.807) is 28.8 Å². The highest BCUT2D eigenvalue weighted by molar-refractivity contribution is 6.04. The van der Waals surface area contributed by atoms with E-state index in [0.717, 1.165) is 16.5 Å². The van der Waals surface area contributed by atoms with Crippen molar-refractivity contribution >= 4 is 22.7 Å². The van der Waals surface area contributed by atoms with Crippen molar-refractivity contribution in [1.29, 1.82) is 0 Å². The summed E-state index contributed by atoms with van der Waals surface area (Å²) in [5.74, 6) is -0.814. The van der Waals surface area contributed by atoms with Crippen LogP contribution >= 0.6 is 0 Å². The van der Waals surface area contributed by atoms with E-state index in [-0.39, 0.29) is 0 Å². The van der Waals surface area contributed by atoms with Gasteiger partial charge in [0.1, 0.15) is 5.69 Å². The van der Waals surface area contributed by atoms with Gasteiger partial charge in [0.25, 0.3) is 0 Å². The summed E-state index contributed by atoms with van der Waals surface area (Å²) in [5, 5.41) is 1.75. The van der Waals surface area contributed by atoms with Crippen LogP contribution in [0.25, 0.3) is 16.5 Å². The Balaban J connectivity index is 2.15. The van der Waals surface area contributed by atoms with Gasteiger partial charge >= 0.3 is 11.9 Å². The van der Waals surface area contributed by atoms with Gasteiger partial charge in [-0.2, -0.15) is 0 Å². The number of hydrogen-bond donors (Lipinski definition) is 0. The summed E-state index contributed by atoms with van der Waals surface area (Å²) in [6.07, 6.45) is 1.87. The van der Waals surface area contributed by atoms with Gasteiger partial charge in [0.15, 0.2) is 0 Å². The van der Waals surface area contributed by atoms with Gasteiger partial charge in [0.05, 0.1) is 19.8 Å². The minimum Gasteiger partial charge on any atom is -0.465 e. The molecule has 1 heterocycles. The van der Waals surface area contributed by atoms with Gasteiger partial charge in [0, 0.05) is 22.7 Å². The van der Waals surface area contributed by atoms with E-state index in [0.29, 0.717) is 11.3 Å². The topological polar surface area (TPSA) is 57.5 Å². The lowest BCUT2D eigenvalue weighted by atomic mass is 10.2. The zero-order valence-corrected chi connectivity index (χ0v) is 12.8. The number of methoxy groups -OCH3 is 2. The van der Waals surface area contributed by atoms with E-state index in [9.17, 15) is 9.59 Å². The van der Waals surface area contributed by atoms with Gasteiger partial charge in [-0.05, 0) is 24.3 Å². The molecular weight excluding hydrogens is 294 g/mol. The second kappa shape index (κ2) is 5.96. The molecule has 3 rings (SSSR count). The summed E-state index contributed by atoms with van der Waals surface area (Å²) in [5.41, 5.74) is 1.66. The molecule has 0 aliphatic rings. The molecule has 0 saturated heterocycles. The number of carbonyl (C=O) groups is 2. The monoisotopic (exact) mass is 309 g/mol. The first-order valence-electron chi connectivity index (χ1n) is 7.03. The Kier molecular flexibility index (Phi) is 3.85. The van der Waals surface area contributed by atoms with Crippen LogP contribution < -0.4 is 0 Å². The SMILES string of the molecule is COC(=O)c1ccc(-n2cc3ccccc3c2C(=O)OC)cc1. The summed E-state index contributed by atoms with van der Waals surface area (Å²) < 4.78 is 11.4. The highest BCUT2D eigenvalue weighted by atomic mass is 16.5. The van der Waals surface area contributed by atoms with Crippen molar-refractivity contribution in [2.45, 2.75) is 0 Å². The number of rotatable bonds is 3. The number of esters is 2. The molecule has 0 atom stereocenters. The lowest BCUT2D eigenvalue weighted by molar-refractivity contribution is 0.0587. The fourth-order valence-electron chi connectivity index (χ4n) is 2.54. The van der Waals surface area contributed by atoms with Crippen molar-refractivity contribution in [3.63, 3.8) is 0 Å². The molecule has 0 fully saturated rings. The summed E-state index contributed by atoms with van der Waals surface area (Å²) in [7, 11) is 2.69. The van der Waals surface area contributed by atoms with Crippen LogP contribution in [0.5, 0.6) is 0 Å². The van der Waals surface area contributed by atoms with Crippen molar-refractivity contribution in [2.24, 2.45) is 0 Å². The highest BCUT2D eigenvalue weighted by Crippen LogP contribution is 2.25. The Morgan fingerprint density at radius 3 is 2.17 bits per heavy atom. The Labute approximate surface area is 133 Å². The van der Waals surface area contributed by atoms with E-state index in [2.05, 4.69) is 4.74 Å². The Bertz CT molecular complexity index is 878. The number of aromatic nitrogens is 1. The molecule has 116 valence electrons. The van der Waals surface area contributed by atoms with Gasteiger partial charge in [-0.3, -0.25) is 0 Å². The molecule has 0 amide bonds. The van der Waals surface area contributed by atoms with Gasteiger partial charge in [-0.1, -0.05) is 24.3 Å². The molecule has 0 aliphatic carbocycles. The quantitative estimate of drug-likeness (QED) is 0.697.